The van der Waals surface area contributed by atoms with E-state index in [2.05, 4.69) is 33.1 Å². The van der Waals surface area contributed by atoms with Crippen molar-refractivity contribution in [2.75, 3.05) is 18.4 Å². The van der Waals surface area contributed by atoms with Crippen LogP contribution in [0.3, 0.4) is 0 Å². The quantitative estimate of drug-likeness (QED) is 0.489. The molecule has 0 aliphatic carbocycles. The lowest BCUT2D eigenvalue weighted by Crippen LogP contribution is -2.35. The first-order chi connectivity index (χ1) is 15.5. The van der Waals surface area contributed by atoms with Crippen LogP contribution in [0.1, 0.15) is 41.9 Å². The molecule has 1 aliphatic heterocycles. The lowest BCUT2D eigenvalue weighted by Gasteiger charge is -2.29. The Bertz CT molecular complexity index is 1160. The number of benzene rings is 2. The number of nitrogens with zero attached hydrogens (tertiary/aromatic N) is 2. The number of aromatic nitrogens is 1. The summed E-state index contributed by atoms with van der Waals surface area (Å²) >= 11 is 3.43. The minimum absolute atomic E-state index is 0.352. The van der Waals surface area contributed by atoms with Crippen LogP contribution in [0.5, 0.6) is 0 Å². The second kappa shape index (κ2) is 9.79. The van der Waals surface area contributed by atoms with Gasteiger partial charge in [0.2, 0.25) is 0 Å². The fraction of sp³-hybridized carbons (Fsp3) is 0.320. The van der Waals surface area contributed by atoms with Crippen molar-refractivity contribution in [3.05, 3.63) is 69.8 Å². The molecule has 0 bridgehead atoms. The number of amides is 1. The van der Waals surface area contributed by atoms with Gasteiger partial charge in [0.05, 0.1) is 16.8 Å². The lowest BCUT2D eigenvalue weighted by molar-refractivity contribution is -0.124. The topological polar surface area (TPSA) is 71.5 Å². The summed E-state index contributed by atoms with van der Waals surface area (Å²) in [5.74, 6) is -0.831. The molecule has 1 N–H and O–H groups in total. The summed E-state index contributed by atoms with van der Waals surface area (Å²) in [7, 11) is 0. The van der Waals surface area contributed by atoms with E-state index >= 15 is 0 Å². The number of carbonyl (C=O) groups is 2. The van der Waals surface area contributed by atoms with Crippen LogP contribution in [0.2, 0.25) is 0 Å². The van der Waals surface area contributed by atoms with Crippen LogP contribution in [0.4, 0.5) is 5.69 Å². The largest absolute Gasteiger partial charge is 0.449 e. The van der Waals surface area contributed by atoms with E-state index in [0.29, 0.717) is 24.2 Å². The van der Waals surface area contributed by atoms with Crippen LogP contribution in [-0.2, 0) is 22.5 Å². The van der Waals surface area contributed by atoms with Gasteiger partial charge in [-0.3, -0.25) is 14.7 Å². The summed E-state index contributed by atoms with van der Waals surface area (Å²) in [6, 6.07) is 15.0. The molecule has 0 saturated heterocycles. The summed E-state index contributed by atoms with van der Waals surface area (Å²) in [4.78, 5) is 33.4. The van der Waals surface area contributed by atoms with Crippen LogP contribution >= 0.6 is 15.9 Å². The third kappa shape index (κ3) is 4.54. The summed E-state index contributed by atoms with van der Waals surface area (Å²) in [5.41, 5.74) is 3.77. The molecule has 0 radical (unpaired) electrons. The highest BCUT2D eigenvalue weighted by Crippen LogP contribution is 2.29. The highest BCUT2D eigenvalue weighted by atomic mass is 79.9. The second-order valence-electron chi connectivity index (χ2n) is 7.82. The maximum atomic E-state index is 13.5. The SMILES string of the molecule is CCC(OC(=O)c1c2c(nc3ccccc13)CCN(CC)C2)C(=O)Nc1ccccc1Br. The number of nitrogens with one attached hydrogen (secondary N) is 1. The number of ether oxygens (including phenoxy) is 1. The van der Waals surface area contributed by atoms with E-state index in [0.717, 1.165) is 46.1 Å². The highest BCUT2D eigenvalue weighted by molar-refractivity contribution is 9.10. The van der Waals surface area contributed by atoms with E-state index in [1.165, 1.54) is 0 Å². The number of esters is 1. The molecule has 4 rings (SSSR count). The molecule has 1 aromatic heterocycles. The highest BCUT2D eigenvalue weighted by Gasteiger charge is 2.29. The molecular formula is C25H26BrN3O3. The van der Waals surface area contributed by atoms with Gasteiger partial charge in [-0.25, -0.2) is 4.79 Å². The van der Waals surface area contributed by atoms with Gasteiger partial charge < -0.3 is 10.1 Å². The number of para-hydroxylation sites is 2. The predicted octanol–water partition coefficient (Wildman–Crippen LogP) is 4.95. The van der Waals surface area contributed by atoms with Crippen molar-refractivity contribution >= 4 is 44.4 Å². The molecule has 3 aromatic rings. The van der Waals surface area contributed by atoms with Crippen LogP contribution in [0.15, 0.2) is 53.0 Å². The number of rotatable bonds is 6. The Labute approximate surface area is 196 Å². The molecule has 0 fully saturated rings. The number of likely N-dealkylation sites (N-methyl/N-ethyl adjacent to an activating group) is 1. The molecule has 2 heterocycles. The average Bonchev–Trinajstić information content (AvgIpc) is 2.81. The Morgan fingerprint density at radius 2 is 1.91 bits per heavy atom. The fourth-order valence-electron chi connectivity index (χ4n) is 4.04. The standard InChI is InChI=1S/C25H26BrN3O3/c1-3-22(24(30)28-21-12-8-6-10-18(21)26)32-25(31)23-16-9-5-7-11-19(16)27-20-13-14-29(4-2)15-17(20)23/h5-12,22H,3-4,13-15H2,1-2H3,(H,28,30). The molecule has 166 valence electrons. The third-order valence-corrected chi connectivity index (χ3v) is 6.51. The first kappa shape index (κ1) is 22.4. The molecule has 1 unspecified atom stereocenters. The average molecular weight is 496 g/mol. The molecule has 2 aromatic carbocycles. The molecule has 0 spiro atoms. The van der Waals surface area contributed by atoms with Gasteiger partial charge in [0, 0.05) is 40.6 Å². The zero-order valence-corrected chi connectivity index (χ0v) is 19.8. The van der Waals surface area contributed by atoms with Gasteiger partial charge >= 0.3 is 5.97 Å². The summed E-state index contributed by atoms with van der Waals surface area (Å²) < 4.78 is 6.56. The summed E-state index contributed by atoms with van der Waals surface area (Å²) in [6.07, 6.45) is 0.255. The van der Waals surface area contributed by atoms with Gasteiger partial charge in [0.15, 0.2) is 6.10 Å². The van der Waals surface area contributed by atoms with Crippen molar-refractivity contribution in [1.82, 2.24) is 9.88 Å². The van der Waals surface area contributed by atoms with Gasteiger partial charge in [0.25, 0.3) is 5.91 Å². The molecule has 6 nitrogen and oxygen atoms in total. The Kier molecular flexibility index (Phi) is 6.86. The minimum Gasteiger partial charge on any atom is -0.449 e. The molecule has 1 aliphatic rings. The van der Waals surface area contributed by atoms with Crippen molar-refractivity contribution in [3.63, 3.8) is 0 Å². The van der Waals surface area contributed by atoms with Gasteiger partial charge in [-0.05, 0) is 47.1 Å². The van der Waals surface area contributed by atoms with Gasteiger partial charge in [-0.1, -0.05) is 44.2 Å². The Morgan fingerprint density at radius 3 is 2.66 bits per heavy atom. The van der Waals surface area contributed by atoms with Gasteiger partial charge in [-0.2, -0.15) is 0 Å². The molecule has 0 saturated carbocycles. The smallest absolute Gasteiger partial charge is 0.340 e. The van der Waals surface area contributed by atoms with E-state index < -0.39 is 12.1 Å². The minimum atomic E-state index is -0.900. The summed E-state index contributed by atoms with van der Waals surface area (Å²) in [5, 5.41) is 3.61. The first-order valence-electron chi connectivity index (χ1n) is 10.9. The van der Waals surface area contributed by atoms with Crippen LogP contribution in [0.25, 0.3) is 10.9 Å². The first-order valence-corrected chi connectivity index (χ1v) is 11.7. The van der Waals surface area contributed by atoms with E-state index in [-0.39, 0.29) is 5.91 Å². The second-order valence-corrected chi connectivity index (χ2v) is 8.67. The zero-order valence-electron chi connectivity index (χ0n) is 18.2. The molecule has 1 atom stereocenters. The maximum Gasteiger partial charge on any atom is 0.340 e. The van der Waals surface area contributed by atoms with E-state index in [1.807, 2.05) is 49.4 Å². The summed E-state index contributed by atoms with van der Waals surface area (Å²) in [6.45, 7) is 6.39. The van der Waals surface area contributed by atoms with Gasteiger partial charge in [-0.15, -0.1) is 0 Å². The molecule has 7 heteroatoms. The number of hydrogen-bond donors (Lipinski definition) is 1. The van der Waals surface area contributed by atoms with Gasteiger partial charge in [0.1, 0.15) is 0 Å². The number of pyridine rings is 1. The van der Waals surface area contributed by atoms with Crippen LogP contribution < -0.4 is 5.32 Å². The van der Waals surface area contributed by atoms with Crippen molar-refractivity contribution in [2.45, 2.75) is 39.3 Å². The monoisotopic (exact) mass is 495 g/mol. The van der Waals surface area contributed by atoms with E-state index in [9.17, 15) is 9.59 Å². The molecule has 32 heavy (non-hydrogen) atoms. The normalized spacial score (nSPS) is 14.6. The fourth-order valence-corrected chi connectivity index (χ4v) is 4.42. The molecular weight excluding hydrogens is 470 g/mol. The van der Waals surface area contributed by atoms with Crippen LogP contribution in [-0.4, -0.2) is 41.0 Å². The zero-order chi connectivity index (χ0) is 22.7. The molecule has 1 amide bonds. The Balaban J connectivity index is 1.65. The predicted molar refractivity (Wildman–Crippen MR) is 129 cm³/mol. The van der Waals surface area contributed by atoms with Crippen molar-refractivity contribution in [2.24, 2.45) is 0 Å². The lowest BCUT2D eigenvalue weighted by atomic mass is 9.95. The Hall–Kier alpha value is -2.77. The number of fused-ring (bicyclic) bond motifs is 2. The van der Waals surface area contributed by atoms with Crippen LogP contribution in [0, 0.1) is 0 Å². The van der Waals surface area contributed by atoms with Crippen molar-refractivity contribution in [3.8, 4) is 0 Å². The van der Waals surface area contributed by atoms with Crippen molar-refractivity contribution in [1.29, 1.82) is 0 Å². The third-order valence-electron chi connectivity index (χ3n) is 5.82. The number of hydrogen-bond acceptors (Lipinski definition) is 5. The Morgan fingerprint density at radius 1 is 1.16 bits per heavy atom. The van der Waals surface area contributed by atoms with E-state index in [4.69, 9.17) is 9.72 Å². The number of carbonyl (C=O) groups excluding carboxylic acids is 2. The van der Waals surface area contributed by atoms with E-state index in [1.54, 1.807) is 6.07 Å². The number of anilines is 1. The number of halogens is 1. The van der Waals surface area contributed by atoms with Crippen molar-refractivity contribution < 1.29 is 14.3 Å². The maximum absolute atomic E-state index is 13.5.